The van der Waals surface area contributed by atoms with Crippen LogP contribution in [0, 0.1) is 11.2 Å². The van der Waals surface area contributed by atoms with Crippen LogP contribution in [0.3, 0.4) is 0 Å². The molecular weight excluding hydrogens is 549 g/mol. The summed E-state index contributed by atoms with van der Waals surface area (Å²) in [5.41, 5.74) is 7.85. The summed E-state index contributed by atoms with van der Waals surface area (Å²) in [4.78, 5) is 18.6. The molecule has 3 fully saturated rings. The third kappa shape index (κ3) is 4.29. The Morgan fingerprint density at radius 3 is 2.98 bits per heavy atom. The van der Waals surface area contributed by atoms with Crippen molar-refractivity contribution in [2.45, 2.75) is 37.3 Å². The van der Waals surface area contributed by atoms with Crippen LogP contribution in [-0.2, 0) is 4.74 Å². The van der Waals surface area contributed by atoms with E-state index < -0.39 is 5.82 Å². The smallest absolute Gasteiger partial charge is 0.319 e. The second-order valence-electron chi connectivity index (χ2n) is 11.3. The van der Waals surface area contributed by atoms with Gasteiger partial charge < -0.3 is 30.3 Å². The summed E-state index contributed by atoms with van der Waals surface area (Å²) in [6.45, 7) is 8.43. The van der Waals surface area contributed by atoms with E-state index in [-0.39, 0.29) is 63.1 Å². The highest BCUT2D eigenvalue weighted by Crippen LogP contribution is 2.44. The molecule has 10 nitrogen and oxygen atoms in total. The first kappa shape index (κ1) is 26.4. The van der Waals surface area contributed by atoms with Crippen molar-refractivity contribution in [1.29, 1.82) is 5.41 Å². The third-order valence-corrected chi connectivity index (χ3v) is 8.96. The molecule has 0 saturated carbocycles. The summed E-state index contributed by atoms with van der Waals surface area (Å²) in [5, 5.41) is 8.51. The molecule has 41 heavy (non-hydrogen) atoms. The van der Waals surface area contributed by atoms with E-state index in [1.807, 2.05) is 0 Å². The summed E-state index contributed by atoms with van der Waals surface area (Å²) < 4.78 is 35.0. The number of pyridine rings is 1. The van der Waals surface area contributed by atoms with E-state index in [9.17, 15) is 0 Å². The van der Waals surface area contributed by atoms with E-state index in [0.717, 1.165) is 45.0 Å². The Morgan fingerprint density at radius 1 is 1.24 bits per heavy atom. The van der Waals surface area contributed by atoms with Crippen LogP contribution in [0.1, 0.15) is 31.2 Å². The highest BCUT2D eigenvalue weighted by molar-refractivity contribution is 6.34. The maximum absolute atomic E-state index is 16.6. The number of anilines is 2. The van der Waals surface area contributed by atoms with Gasteiger partial charge in [0.15, 0.2) is 5.82 Å². The molecule has 0 spiro atoms. The van der Waals surface area contributed by atoms with Crippen LogP contribution in [-0.4, -0.2) is 83.7 Å². The lowest BCUT2D eigenvalue weighted by Crippen LogP contribution is -2.43. The fourth-order valence-corrected chi connectivity index (χ4v) is 6.97. The van der Waals surface area contributed by atoms with Gasteiger partial charge in [-0.05, 0) is 44.4 Å². The number of nitrogens with two attached hydrogens (primary N) is 1. The monoisotopic (exact) mass is 579 g/mol. The Bertz CT molecular complexity index is 1590. The number of aromatic nitrogens is 3. The predicted molar refractivity (Wildman–Crippen MR) is 155 cm³/mol. The maximum Gasteiger partial charge on any atom is 0.319 e. The number of fused-ring (bicyclic) bond motifs is 3. The van der Waals surface area contributed by atoms with E-state index in [4.69, 9.17) is 41.9 Å². The van der Waals surface area contributed by atoms with Gasteiger partial charge in [0.05, 0.1) is 23.2 Å². The molecule has 3 saturated heterocycles. The Hall–Kier alpha value is -3.54. The van der Waals surface area contributed by atoms with E-state index >= 15 is 4.39 Å². The van der Waals surface area contributed by atoms with E-state index in [2.05, 4.69) is 26.3 Å². The quantitative estimate of drug-likeness (QED) is 0.260. The van der Waals surface area contributed by atoms with Crippen molar-refractivity contribution in [3.63, 3.8) is 0 Å². The summed E-state index contributed by atoms with van der Waals surface area (Å²) >= 11 is 6.54. The standard InChI is InChI=1S/C29H31ClFN7O3/c1-16-10-29(6-2-7-37(29)12-16)15-41-28-35-25-22-26(36-28)38-8-3-9-39-13-17(38)14-40-27(22)34-24(23(25)31)21-18(11-32)20(33)5-4-19(21)30/h4-5,11,17,32H,1-3,6-10,12-15,33H2/t17-,29-/m0/s1. The van der Waals surface area contributed by atoms with Crippen LogP contribution in [0.2, 0.25) is 5.02 Å². The Morgan fingerprint density at radius 2 is 2.12 bits per heavy atom. The molecule has 0 radical (unpaired) electrons. The zero-order chi connectivity index (χ0) is 28.3. The normalized spacial score (nSPS) is 24.0. The largest absolute Gasteiger partial charge is 0.475 e. The number of ether oxygens (including phenoxy) is 3. The lowest BCUT2D eigenvalue weighted by Gasteiger charge is -2.31. The van der Waals surface area contributed by atoms with Crippen LogP contribution >= 0.6 is 11.6 Å². The van der Waals surface area contributed by atoms with Crippen molar-refractivity contribution in [3.05, 3.63) is 40.7 Å². The molecular formula is C29H31ClFN7O3. The lowest BCUT2D eigenvalue weighted by atomic mass is 9.94. The molecule has 0 amide bonds. The van der Waals surface area contributed by atoms with Crippen LogP contribution in [0.25, 0.3) is 22.2 Å². The van der Waals surface area contributed by atoms with Crippen molar-refractivity contribution in [1.82, 2.24) is 19.9 Å². The molecule has 3 N–H and O–H groups in total. The van der Waals surface area contributed by atoms with Crippen LogP contribution in [0.15, 0.2) is 24.3 Å². The summed E-state index contributed by atoms with van der Waals surface area (Å²) in [6.07, 6.45) is 4.78. The summed E-state index contributed by atoms with van der Waals surface area (Å²) in [6, 6.07) is 3.07. The van der Waals surface area contributed by atoms with Crippen LogP contribution < -0.4 is 20.1 Å². The zero-order valence-electron chi connectivity index (χ0n) is 22.6. The van der Waals surface area contributed by atoms with Crippen molar-refractivity contribution in [2.24, 2.45) is 0 Å². The minimum absolute atomic E-state index is 0.0156. The van der Waals surface area contributed by atoms with Gasteiger partial charge in [0, 0.05) is 42.7 Å². The SMILES string of the molecule is C=C1CN2CCC[C@@]2(COc2nc3c4c(nc(-c5c(Cl)ccc(N)c5C=N)c(F)c4n2)OC[C@@H]2COCCCN32)C1. The number of rotatable bonds is 5. The van der Waals surface area contributed by atoms with Crippen molar-refractivity contribution in [2.75, 3.05) is 56.7 Å². The number of benzene rings is 1. The zero-order valence-corrected chi connectivity index (χ0v) is 23.3. The second-order valence-corrected chi connectivity index (χ2v) is 11.7. The summed E-state index contributed by atoms with van der Waals surface area (Å²) in [7, 11) is 0. The molecule has 0 bridgehead atoms. The van der Waals surface area contributed by atoms with E-state index in [0.29, 0.717) is 37.6 Å². The molecule has 0 unspecified atom stereocenters. The van der Waals surface area contributed by atoms with Crippen molar-refractivity contribution in [3.8, 4) is 23.1 Å². The fraction of sp³-hybridized carbons (Fsp3) is 0.448. The Labute approximate surface area is 241 Å². The van der Waals surface area contributed by atoms with Gasteiger partial charge in [-0.2, -0.15) is 9.97 Å². The van der Waals surface area contributed by atoms with Gasteiger partial charge in [-0.1, -0.05) is 23.8 Å². The number of nitrogens with zero attached hydrogens (tertiary/aromatic N) is 5. The van der Waals surface area contributed by atoms with E-state index in [1.54, 1.807) is 12.1 Å². The average molecular weight is 580 g/mol. The van der Waals surface area contributed by atoms with Crippen molar-refractivity contribution >= 4 is 40.2 Å². The number of hydrogen-bond donors (Lipinski definition) is 2. The highest BCUT2D eigenvalue weighted by Gasteiger charge is 2.46. The van der Waals surface area contributed by atoms with Gasteiger partial charge in [0.2, 0.25) is 5.88 Å². The molecule has 3 aromatic rings. The topological polar surface area (TPSA) is 123 Å². The molecule has 0 aliphatic carbocycles. The van der Waals surface area contributed by atoms with E-state index in [1.165, 1.54) is 5.57 Å². The van der Waals surface area contributed by atoms with Gasteiger partial charge in [-0.3, -0.25) is 4.90 Å². The minimum Gasteiger partial charge on any atom is -0.475 e. The van der Waals surface area contributed by atoms with Gasteiger partial charge in [0.1, 0.15) is 35.6 Å². The Kier molecular flexibility index (Phi) is 6.48. The second kappa shape index (κ2) is 10.1. The van der Waals surface area contributed by atoms with Gasteiger partial charge in [-0.15, -0.1) is 0 Å². The highest BCUT2D eigenvalue weighted by atomic mass is 35.5. The molecule has 4 aliphatic rings. The molecule has 1 aromatic carbocycles. The maximum atomic E-state index is 16.6. The number of nitrogen functional groups attached to an aromatic ring is 1. The third-order valence-electron chi connectivity index (χ3n) is 8.65. The van der Waals surface area contributed by atoms with Crippen LogP contribution in [0.5, 0.6) is 11.9 Å². The summed E-state index contributed by atoms with van der Waals surface area (Å²) in [5.74, 6) is -0.0162. The molecule has 12 heteroatoms. The fourth-order valence-electron chi connectivity index (χ4n) is 6.72. The van der Waals surface area contributed by atoms with Crippen LogP contribution in [0.4, 0.5) is 15.9 Å². The molecule has 7 rings (SSSR count). The first-order chi connectivity index (χ1) is 19.9. The number of halogens is 2. The average Bonchev–Trinajstić information content (AvgIpc) is 3.31. The van der Waals surface area contributed by atoms with Gasteiger partial charge in [-0.25, -0.2) is 9.37 Å². The first-order valence-corrected chi connectivity index (χ1v) is 14.3. The van der Waals surface area contributed by atoms with Gasteiger partial charge in [0.25, 0.3) is 0 Å². The molecule has 2 atom stereocenters. The first-order valence-electron chi connectivity index (χ1n) is 13.9. The van der Waals surface area contributed by atoms with Gasteiger partial charge >= 0.3 is 6.01 Å². The lowest BCUT2D eigenvalue weighted by molar-refractivity contribution is 0.108. The predicted octanol–water partition coefficient (Wildman–Crippen LogP) is 4.23. The van der Waals surface area contributed by atoms with Crippen molar-refractivity contribution < 1.29 is 18.6 Å². The minimum atomic E-state index is -0.712. The number of hydrogen-bond acceptors (Lipinski definition) is 10. The number of nitrogens with one attached hydrogen (secondary N) is 1. The molecule has 214 valence electrons. The molecule has 2 aromatic heterocycles. The molecule has 6 heterocycles. The Balaban J connectivity index is 1.41. The molecule has 4 aliphatic heterocycles.